The van der Waals surface area contributed by atoms with Crippen LogP contribution in [0.5, 0.6) is 0 Å². The molecule has 5 heteroatoms. The van der Waals surface area contributed by atoms with E-state index < -0.39 is 11.7 Å². The van der Waals surface area contributed by atoms with E-state index in [1.165, 1.54) is 12.1 Å². The molecule has 0 heterocycles. The maximum Gasteiger partial charge on any atom is 0.418 e. The van der Waals surface area contributed by atoms with Crippen molar-refractivity contribution in [2.24, 2.45) is 11.8 Å². The molecule has 0 radical (unpaired) electrons. The molecule has 2 nitrogen and oxygen atoms in total. The van der Waals surface area contributed by atoms with Gasteiger partial charge in [0.15, 0.2) is 0 Å². The molecule has 114 valence electrons. The van der Waals surface area contributed by atoms with Gasteiger partial charge in [0.05, 0.1) is 17.2 Å². The summed E-state index contributed by atoms with van der Waals surface area (Å²) in [6.45, 7) is 4.27. The van der Waals surface area contributed by atoms with E-state index >= 15 is 0 Å². The Kier molecular flexibility index (Phi) is 4.46. The van der Waals surface area contributed by atoms with Gasteiger partial charge in [-0.25, -0.2) is 0 Å². The Morgan fingerprint density at radius 3 is 2.29 bits per heavy atom. The first-order valence-corrected chi connectivity index (χ1v) is 7.17. The van der Waals surface area contributed by atoms with Crippen molar-refractivity contribution in [1.29, 1.82) is 5.26 Å². The van der Waals surface area contributed by atoms with Gasteiger partial charge in [0.1, 0.15) is 0 Å². The predicted octanol–water partition coefficient (Wildman–Crippen LogP) is 4.81. The second-order valence-electron chi connectivity index (χ2n) is 6.13. The molecule has 0 aliphatic heterocycles. The average molecular weight is 296 g/mol. The molecule has 1 aromatic carbocycles. The SMILES string of the molecule is CC1CC(C)CC(Nc2ccc(C#N)cc2C(F)(F)F)C1. The zero-order valence-electron chi connectivity index (χ0n) is 12.2. The van der Waals surface area contributed by atoms with Gasteiger partial charge in [-0.3, -0.25) is 0 Å². The summed E-state index contributed by atoms with van der Waals surface area (Å²) < 4.78 is 39.4. The molecule has 1 aromatic rings. The Morgan fingerprint density at radius 2 is 1.76 bits per heavy atom. The van der Waals surface area contributed by atoms with Gasteiger partial charge in [0, 0.05) is 11.7 Å². The van der Waals surface area contributed by atoms with Gasteiger partial charge < -0.3 is 5.32 Å². The van der Waals surface area contributed by atoms with E-state index in [1.807, 2.05) is 0 Å². The number of hydrogen-bond acceptors (Lipinski definition) is 2. The van der Waals surface area contributed by atoms with Crippen molar-refractivity contribution in [3.8, 4) is 6.07 Å². The van der Waals surface area contributed by atoms with Crippen molar-refractivity contribution < 1.29 is 13.2 Å². The van der Waals surface area contributed by atoms with Gasteiger partial charge in [0.2, 0.25) is 0 Å². The summed E-state index contributed by atoms with van der Waals surface area (Å²) in [5.41, 5.74) is -0.654. The topological polar surface area (TPSA) is 35.8 Å². The molecule has 2 unspecified atom stereocenters. The van der Waals surface area contributed by atoms with E-state index in [0.717, 1.165) is 25.3 Å². The highest BCUT2D eigenvalue weighted by molar-refractivity contribution is 5.56. The van der Waals surface area contributed by atoms with Crippen LogP contribution in [0.3, 0.4) is 0 Å². The first-order valence-electron chi connectivity index (χ1n) is 7.17. The first-order chi connectivity index (χ1) is 9.79. The smallest absolute Gasteiger partial charge is 0.382 e. The van der Waals surface area contributed by atoms with Gasteiger partial charge in [-0.2, -0.15) is 18.4 Å². The van der Waals surface area contributed by atoms with Crippen molar-refractivity contribution in [3.63, 3.8) is 0 Å². The van der Waals surface area contributed by atoms with Crippen LogP contribution in [0.1, 0.15) is 44.2 Å². The van der Waals surface area contributed by atoms with E-state index in [1.54, 1.807) is 6.07 Å². The molecule has 1 fully saturated rings. The fourth-order valence-electron chi connectivity index (χ4n) is 3.26. The predicted molar refractivity (Wildman–Crippen MR) is 75.7 cm³/mol. The van der Waals surface area contributed by atoms with E-state index in [-0.39, 0.29) is 17.3 Å². The summed E-state index contributed by atoms with van der Waals surface area (Å²) in [5.74, 6) is 1.03. The highest BCUT2D eigenvalue weighted by atomic mass is 19.4. The third kappa shape index (κ3) is 3.90. The van der Waals surface area contributed by atoms with E-state index in [4.69, 9.17) is 5.26 Å². The minimum Gasteiger partial charge on any atom is -0.382 e. The molecule has 1 saturated carbocycles. The van der Waals surface area contributed by atoms with Crippen molar-refractivity contribution in [3.05, 3.63) is 29.3 Å². The van der Waals surface area contributed by atoms with Crippen LogP contribution in [-0.4, -0.2) is 6.04 Å². The molecule has 0 bridgehead atoms. The number of alkyl halides is 3. The van der Waals surface area contributed by atoms with Gasteiger partial charge in [-0.1, -0.05) is 13.8 Å². The quantitative estimate of drug-likeness (QED) is 0.849. The second kappa shape index (κ2) is 5.97. The molecule has 1 aliphatic rings. The number of benzene rings is 1. The van der Waals surface area contributed by atoms with Crippen LogP contribution in [0.2, 0.25) is 0 Å². The number of nitrogens with one attached hydrogen (secondary N) is 1. The minimum absolute atomic E-state index is 0.0262. The molecular formula is C16H19F3N2. The molecule has 0 aromatic heterocycles. The summed E-state index contributed by atoms with van der Waals surface area (Å²) in [4.78, 5) is 0. The van der Waals surface area contributed by atoms with E-state index in [9.17, 15) is 13.2 Å². The summed E-state index contributed by atoms with van der Waals surface area (Å²) in [6.07, 6.45) is -1.58. The molecule has 0 spiro atoms. The maximum atomic E-state index is 13.1. The summed E-state index contributed by atoms with van der Waals surface area (Å²) in [6, 6.07) is 5.52. The van der Waals surface area contributed by atoms with Crippen LogP contribution < -0.4 is 5.32 Å². The number of rotatable bonds is 2. The van der Waals surface area contributed by atoms with Crippen LogP contribution in [0, 0.1) is 23.2 Å². The Hall–Kier alpha value is -1.70. The van der Waals surface area contributed by atoms with Crippen molar-refractivity contribution in [1.82, 2.24) is 0 Å². The Bertz CT molecular complexity index is 535. The molecule has 0 saturated heterocycles. The maximum absolute atomic E-state index is 13.1. The van der Waals surface area contributed by atoms with E-state index in [2.05, 4.69) is 19.2 Å². The average Bonchev–Trinajstić information content (AvgIpc) is 2.36. The lowest BCUT2D eigenvalue weighted by Gasteiger charge is -2.33. The van der Waals surface area contributed by atoms with Crippen LogP contribution >= 0.6 is 0 Å². The van der Waals surface area contributed by atoms with E-state index in [0.29, 0.717) is 11.8 Å². The molecule has 2 atom stereocenters. The number of nitriles is 1. The molecular weight excluding hydrogens is 277 g/mol. The lowest BCUT2D eigenvalue weighted by atomic mass is 9.80. The molecule has 0 amide bonds. The highest BCUT2D eigenvalue weighted by Gasteiger charge is 2.35. The minimum atomic E-state index is -4.46. The number of halogens is 3. The van der Waals surface area contributed by atoms with Gasteiger partial charge in [-0.15, -0.1) is 0 Å². The van der Waals surface area contributed by atoms with Crippen LogP contribution in [0.15, 0.2) is 18.2 Å². The molecule has 2 rings (SSSR count). The van der Waals surface area contributed by atoms with Crippen LogP contribution in [-0.2, 0) is 6.18 Å². The number of hydrogen-bond donors (Lipinski definition) is 1. The highest BCUT2D eigenvalue weighted by Crippen LogP contribution is 2.37. The summed E-state index contributed by atoms with van der Waals surface area (Å²) >= 11 is 0. The van der Waals surface area contributed by atoms with Crippen molar-refractivity contribution in [2.45, 2.75) is 45.3 Å². The number of nitrogens with zero attached hydrogens (tertiary/aromatic N) is 1. The normalized spacial score (nSPS) is 26.2. The fraction of sp³-hybridized carbons (Fsp3) is 0.562. The number of anilines is 1. The van der Waals surface area contributed by atoms with Crippen LogP contribution in [0.25, 0.3) is 0 Å². The third-order valence-electron chi connectivity index (χ3n) is 3.99. The van der Waals surface area contributed by atoms with Gasteiger partial charge >= 0.3 is 6.18 Å². The zero-order chi connectivity index (χ0) is 15.6. The Balaban J connectivity index is 2.25. The van der Waals surface area contributed by atoms with Crippen LogP contribution in [0.4, 0.5) is 18.9 Å². The zero-order valence-corrected chi connectivity index (χ0v) is 12.2. The standard InChI is InChI=1S/C16H19F3N2/c1-10-5-11(2)7-13(6-10)21-15-4-3-12(9-20)8-14(15)16(17,18)19/h3-4,8,10-11,13,21H,5-7H2,1-2H3. The van der Waals surface area contributed by atoms with Gasteiger partial charge in [0.25, 0.3) is 0 Å². The largest absolute Gasteiger partial charge is 0.418 e. The molecule has 1 aliphatic carbocycles. The molecule has 21 heavy (non-hydrogen) atoms. The first kappa shape index (κ1) is 15.7. The Labute approximate surface area is 123 Å². The summed E-state index contributed by atoms with van der Waals surface area (Å²) in [7, 11) is 0. The summed E-state index contributed by atoms with van der Waals surface area (Å²) in [5, 5.41) is 11.8. The van der Waals surface area contributed by atoms with Gasteiger partial charge in [-0.05, 0) is 49.3 Å². The van der Waals surface area contributed by atoms with Crippen molar-refractivity contribution in [2.75, 3.05) is 5.32 Å². The lowest BCUT2D eigenvalue weighted by Crippen LogP contribution is -2.31. The monoisotopic (exact) mass is 296 g/mol. The molecule has 1 N–H and O–H groups in total. The Morgan fingerprint density at radius 1 is 1.14 bits per heavy atom. The second-order valence-corrected chi connectivity index (χ2v) is 6.13. The lowest BCUT2D eigenvalue weighted by molar-refractivity contribution is -0.137. The van der Waals surface area contributed by atoms with Crippen molar-refractivity contribution >= 4 is 5.69 Å². The fourth-order valence-corrected chi connectivity index (χ4v) is 3.26. The third-order valence-corrected chi connectivity index (χ3v) is 3.99.